The van der Waals surface area contributed by atoms with E-state index < -0.39 is 0 Å². The van der Waals surface area contributed by atoms with E-state index in [9.17, 15) is 0 Å². The van der Waals surface area contributed by atoms with E-state index in [1.165, 1.54) is 22.3 Å². The lowest BCUT2D eigenvalue weighted by Crippen LogP contribution is -2.08. The number of nitrogens with zero attached hydrogens (tertiary/aromatic N) is 1. The van der Waals surface area contributed by atoms with Crippen molar-refractivity contribution < 1.29 is 0 Å². The van der Waals surface area contributed by atoms with Crippen molar-refractivity contribution >= 4 is 21.7 Å². The van der Waals surface area contributed by atoms with Crippen LogP contribution in [-0.2, 0) is 6.42 Å². The molecule has 0 fully saturated rings. The van der Waals surface area contributed by atoms with Crippen molar-refractivity contribution in [2.75, 3.05) is 11.9 Å². The van der Waals surface area contributed by atoms with Gasteiger partial charge >= 0.3 is 0 Å². The van der Waals surface area contributed by atoms with Crippen molar-refractivity contribution in [1.82, 2.24) is 4.98 Å². The fourth-order valence-corrected chi connectivity index (χ4v) is 2.78. The van der Waals surface area contributed by atoms with Gasteiger partial charge < -0.3 is 5.32 Å². The summed E-state index contributed by atoms with van der Waals surface area (Å²) < 4.78 is 1.02. The van der Waals surface area contributed by atoms with Crippen LogP contribution in [0.4, 0.5) is 5.82 Å². The first-order valence-corrected chi connectivity index (χ1v) is 7.69. The molecule has 0 saturated heterocycles. The van der Waals surface area contributed by atoms with Crippen LogP contribution in [0.25, 0.3) is 0 Å². The molecule has 2 aromatic rings. The van der Waals surface area contributed by atoms with Gasteiger partial charge in [-0.1, -0.05) is 12.1 Å². The molecule has 0 amide bonds. The minimum atomic E-state index is 0.902. The van der Waals surface area contributed by atoms with E-state index in [1.54, 1.807) is 0 Å². The molecular formula is C17H21BrN2. The summed E-state index contributed by atoms with van der Waals surface area (Å²) in [5, 5.41) is 3.42. The van der Waals surface area contributed by atoms with E-state index >= 15 is 0 Å². The highest BCUT2D eigenvalue weighted by Gasteiger charge is 2.03. The molecule has 0 saturated carbocycles. The van der Waals surface area contributed by atoms with Gasteiger partial charge in [0.2, 0.25) is 0 Å². The molecule has 106 valence electrons. The van der Waals surface area contributed by atoms with E-state index in [-0.39, 0.29) is 0 Å². The lowest BCUT2D eigenvalue weighted by atomic mass is 9.99. The third kappa shape index (κ3) is 3.60. The number of aryl methyl sites for hydroxylation is 4. The van der Waals surface area contributed by atoms with Gasteiger partial charge in [0.15, 0.2) is 0 Å². The van der Waals surface area contributed by atoms with Gasteiger partial charge in [-0.15, -0.1) is 0 Å². The highest BCUT2D eigenvalue weighted by Crippen LogP contribution is 2.18. The lowest BCUT2D eigenvalue weighted by Gasteiger charge is -2.12. The third-order valence-electron chi connectivity index (χ3n) is 3.68. The van der Waals surface area contributed by atoms with Crippen molar-refractivity contribution in [1.29, 1.82) is 0 Å². The second-order valence-electron chi connectivity index (χ2n) is 5.36. The minimum absolute atomic E-state index is 0.902. The maximum atomic E-state index is 4.41. The van der Waals surface area contributed by atoms with E-state index in [0.29, 0.717) is 0 Å². The molecule has 0 unspecified atom stereocenters. The Morgan fingerprint density at radius 3 is 2.35 bits per heavy atom. The molecular weight excluding hydrogens is 312 g/mol. The first kappa shape index (κ1) is 15.0. The van der Waals surface area contributed by atoms with Gasteiger partial charge in [0, 0.05) is 17.2 Å². The summed E-state index contributed by atoms with van der Waals surface area (Å²) in [7, 11) is 0. The summed E-state index contributed by atoms with van der Waals surface area (Å²) in [5.41, 5.74) is 6.68. The fourth-order valence-electron chi connectivity index (χ4n) is 2.33. The molecule has 0 aliphatic heterocycles. The smallest absolute Gasteiger partial charge is 0.128 e. The molecule has 1 aromatic carbocycles. The molecule has 20 heavy (non-hydrogen) atoms. The summed E-state index contributed by atoms with van der Waals surface area (Å²) in [6.45, 7) is 9.50. The number of pyridine rings is 1. The average Bonchev–Trinajstić information content (AvgIpc) is 2.38. The maximum absolute atomic E-state index is 4.41. The quantitative estimate of drug-likeness (QED) is 0.875. The Labute approximate surface area is 129 Å². The van der Waals surface area contributed by atoms with Crippen LogP contribution in [-0.4, -0.2) is 11.5 Å². The molecule has 3 heteroatoms. The molecule has 0 radical (unpaired) electrons. The SMILES string of the molecule is Cc1cc(C)c(CCNc2ncc(Br)cc2C)cc1C. The number of hydrogen-bond acceptors (Lipinski definition) is 2. The standard InChI is InChI=1S/C17H21BrN2/c1-11-7-13(3)15(8-12(11)2)5-6-19-17-14(4)9-16(18)10-20-17/h7-10H,5-6H2,1-4H3,(H,19,20). The van der Waals surface area contributed by atoms with Crippen LogP contribution < -0.4 is 5.32 Å². The Morgan fingerprint density at radius 1 is 0.950 bits per heavy atom. The molecule has 0 aliphatic carbocycles. The number of aromatic nitrogens is 1. The van der Waals surface area contributed by atoms with Gasteiger partial charge in [0.25, 0.3) is 0 Å². The molecule has 0 spiro atoms. The van der Waals surface area contributed by atoms with Crippen LogP contribution in [0.2, 0.25) is 0 Å². The van der Waals surface area contributed by atoms with Crippen LogP contribution in [0, 0.1) is 27.7 Å². The minimum Gasteiger partial charge on any atom is -0.370 e. The van der Waals surface area contributed by atoms with E-state index in [0.717, 1.165) is 28.8 Å². The number of benzene rings is 1. The Hall–Kier alpha value is -1.35. The largest absolute Gasteiger partial charge is 0.370 e. The molecule has 1 heterocycles. The van der Waals surface area contributed by atoms with Crippen molar-refractivity contribution in [2.45, 2.75) is 34.1 Å². The molecule has 1 aromatic heterocycles. The molecule has 0 bridgehead atoms. The first-order valence-electron chi connectivity index (χ1n) is 6.90. The second kappa shape index (κ2) is 6.40. The predicted molar refractivity (Wildman–Crippen MR) is 89.5 cm³/mol. The third-order valence-corrected chi connectivity index (χ3v) is 4.12. The van der Waals surface area contributed by atoms with Gasteiger partial charge in [-0.25, -0.2) is 4.98 Å². The molecule has 1 N–H and O–H groups in total. The van der Waals surface area contributed by atoms with Crippen molar-refractivity contribution in [2.24, 2.45) is 0 Å². The summed E-state index contributed by atoms with van der Waals surface area (Å²) in [6, 6.07) is 6.65. The molecule has 2 nitrogen and oxygen atoms in total. The van der Waals surface area contributed by atoms with Gasteiger partial charge in [-0.2, -0.15) is 0 Å². The zero-order chi connectivity index (χ0) is 14.7. The van der Waals surface area contributed by atoms with Crippen LogP contribution in [0.1, 0.15) is 27.8 Å². The predicted octanol–water partition coefficient (Wildman–Crippen LogP) is 4.73. The number of hydrogen-bond donors (Lipinski definition) is 1. The number of anilines is 1. The van der Waals surface area contributed by atoms with Crippen molar-refractivity contribution in [3.63, 3.8) is 0 Å². The fraction of sp³-hybridized carbons (Fsp3) is 0.353. The highest BCUT2D eigenvalue weighted by molar-refractivity contribution is 9.10. The van der Waals surface area contributed by atoms with Crippen LogP contribution in [0.5, 0.6) is 0 Å². The topological polar surface area (TPSA) is 24.9 Å². The van der Waals surface area contributed by atoms with E-state index in [2.05, 4.69) is 72.1 Å². The monoisotopic (exact) mass is 332 g/mol. The molecule has 2 rings (SSSR count). The summed E-state index contributed by atoms with van der Waals surface area (Å²) in [5.74, 6) is 0.967. The van der Waals surface area contributed by atoms with Gasteiger partial charge in [0.1, 0.15) is 5.82 Å². The molecule has 0 atom stereocenters. The number of nitrogens with one attached hydrogen (secondary N) is 1. The first-order chi connectivity index (χ1) is 9.47. The summed E-state index contributed by atoms with van der Waals surface area (Å²) in [6.07, 6.45) is 2.85. The van der Waals surface area contributed by atoms with E-state index in [1.807, 2.05) is 6.20 Å². The second-order valence-corrected chi connectivity index (χ2v) is 6.27. The van der Waals surface area contributed by atoms with Crippen LogP contribution in [0.3, 0.4) is 0 Å². The Kier molecular flexibility index (Phi) is 4.81. The maximum Gasteiger partial charge on any atom is 0.128 e. The van der Waals surface area contributed by atoms with E-state index in [4.69, 9.17) is 0 Å². The number of halogens is 1. The average molecular weight is 333 g/mol. The zero-order valence-electron chi connectivity index (χ0n) is 12.5. The Morgan fingerprint density at radius 2 is 1.65 bits per heavy atom. The Balaban J connectivity index is 2.01. The zero-order valence-corrected chi connectivity index (χ0v) is 14.1. The highest BCUT2D eigenvalue weighted by atomic mass is 79.9. The number of rotatable bonds is 4. The van der Waals surface area contributed by atoms with Crippen molar-refractivity contribution in [3.8, 4) is 0 Å². The summed E-state index contributed by atoms with van der Waals surface area (Å²) in [4.78, 5) is 4.41. The van der Waals surface area contributed by atoms with Gasteiger partial charge in [-0.05, 0) is 83.9 Å². The van der Waals surface area contributed by atoms with Crippen LogP contribution >= 0.6 is 15.9 Å². The van der Waals surface area contributed by atoms with Gasteiger partial charge in [0.05, 0.1) is 0 Å². The Bertz CT molecular complexity index is 621. The van der Waals surface area contributed by atoms with Crippen LogP contribution in [0.15, 0.2) is 28.9 Å². The molecule has 0 aliphatic rings. The normalized spacial score (nSPS) is 10.7. The lowest BCUT2D eigenvalue weighted by molar-refractivity contribution is 0.983. The summed E-state index contributed by atoms with van der Waals surface area (Å²) >= 11 is 3.44. The van der Waals surface area contributed by atoms with Crippen molar-refractivity contribution in [3.05, 3.63) is 56.7 Å². The van der Waals surface area contributed by atoms with Gasteiger partial charge in [-0.3, -0.25) is 0 Å².